The smallest absolute Gasteiger partial charge is 0.306 e. The van der Waals surface area contributed by atoms with Gasteiger partial charge in [0.15, 0.2) is 0 Å². The van der Waals surface area contributed by atoms with Crippen LogP contribution in [-0.4, -0.2) is 48.5 Å². The molecular weight excluding hydrogens is 428 g/mol. The fraction of sp³-hybridized carbons (Fsp3) is 0.250. The molecule has 0 spiro atoms. The molecule has 0 saturated carbocycles. The van der Waals surface area contributed by atoms with Crippen LogP contribution in [0.1, 0.15) is 29.9 Å². The molecule has 2 aromatic carbocycles. The van der Waals surface area contributed by atoms with Gasteiger partial charge in [0.2, 0.25) is 5.91 Å². The SMILES string of the molecule is COC(=O)CC1c2ccccc2-c2ccc(NC(=O)CCN3C(=O)C=C(SC)C3=O)cc21. The lowest BCUT2D eigenvalue weighted by atomic mass is 9.93. The summed E-state index contributed by atoms with van der Waals surface area (Å²) in [5.41, 5.74) is 4.69. The molecule has 1 aliphatic heterocycles. The van der Waals surface area contributed by atoms with Crippen LogP contribution in [0.5, 0.6) is 0 Å². The van der Waals surface area contributed by atoms with Crippen molar-refractivity contribution in [2.24, 2.45) is 0 Å². The summed E-state index contributed by atoms with van der Waals surface area (Å²) >= 11 is 1.21. The fourth-order valence-electron chi connectivity index (χ4n) is 4.14. The first-order chi connectivity index (χ1) is 15.4. The predicted octanol–water partition coefficient (Wildman–Crippen LogP) is 3.31. The van der Waals surface area contributed by atoms with Gasteiger partial charge in [-0.05, 0) is 40.6 Å². The topological polar surface area (TPSA) is 92.8 Å². The molecule has 7 nitrogen and oxygen atoms in total. The second kappa shape index (κ2) is 9.00. The van der Waals surface area contributed by atoms with E-state index in [0.29, 0.717) is 10.6 Å². The van der Waals surface area contributed by atoms with E-state index in [0.717, 1.165) is 27.2 Å². The zero-order valence-electron chi connectivity index (χ0n) is 17.7. The number of hydrogen-bond acceptors (Lipinski definition) is 6. The van der Waals surface area contributed by atoms with Crippen LogP contribution in [0.3, 0.4) is 0 Å². The molecule has 2 aliphatic rings. The Morgan fingerprint density at radius 2 is 1.84 bits per heavy atom. The number of rotatable bonds is 7. The van der Waals surface area contributed by atoms with Gasteiger partial charge in [0.05, 0.1) is 18.4 Å². The number of thioether (sulfide) groups is 1. The van der Waals surface area contributed by atoms with Crippen LogP contribution in [0, 0.1) is 0 Å². The molecule has 0 radical (unpaired) electrons. The largest absolute Gasteiger partial charge is 0.469 e. The molecule has 1 N–H and O–H groups in total. The first kappa shape index (κ1) is 21.8. The van der Waals surface area contributed by atoms with E-state index < -0.39 is 5.91 Å². The Balaban J connectivity index is 1.47. The van der Waals surface area contributed by atoms with Crippen molar-refractivity contribution >= 4 is 41.1 Å². The molecule has 32 heavy (non-hydrogen) atoms. The number of ether oxygens (including phenoxy) is 1. The average Bonchev–Trinajstić information content (AvgIpc) is 3.25. The van der Waals surface area contributed by atoms with E-state index in [1.807, 2.05) is 42.5 Å². The minimum absolute atomic E-state index is 0.00409. The van der Waals surface area contributed by atoms with Crippen LogP contribution in [0.25, 0.3) is 11.1 Å². The third-order valence-corrected chi connectivity index (χ3v) is 6.43. The number of esters is 1. The Kier molecular flexibility index (Phi) is 6.14. The van der Waals surface area contributed by atoms with Gasteiger partial charge in [-0.25, -0.2) is 0 Å². The number of benzene rings is 2. The second-order valence-corrected chi connectivity index (χ2v) is 8.38. The molecule has 3 amide bonds. The standard InChI is InChI=1S/C24H22N2O5S/c1-31-23(29)12-19-16-6-4-3-5-15(16)17-8-7-14(11-18(17)19)25-21(27)9-10-26-22(28)13-20(32-2)24(26)30/h3-8,11,13,19H,9-10,12H2,1-2H3,(H,25,27). The van der Waals surface area contributed by atoms with Crippen molar-refractivity contribution in [2.75, 3.05) is 25.2 Å². The first-order valence-electron chi connectivity index (χ1n) is 10.1. The monoisotopic (exact) mass is 450 g/mol. The quantitative estimate of drug-likeness (QED) is 0.514. The fourth-order valence-corrected chi connectivity index (χ4v) is 4.64. The first-order valence-corrected chi connectivity index (χ1v) is 11.4. The Hall–Kier alpha value is -3.39. The molecule has 0 bridgehead atoms. The van der Waals surface area contributed by atoms with E-state index in [1.54, 1.807) is 6.26 Å². The average molecular weight is 451 g/mol. The summed E-state index contributed by atoms with van der Waals surface area (Å²) in [6, 6.07) is 13.5. The van der Waals surface area contributed by atoms with Crippen LogP contribution in [0.2, 0.25) is 0 Å². The van der Waals surface area contributed by atoms with Gasteiger partial charge in [-0.1, -0.05) is 30.3 Å². The van der Waals surface area contributed by atoms with E-state index in [2.05, 4.69) is 5.32 Å². The zero-order chi connectivity index (χ0) is 22.8. The third kappa shape index (κ3) is 4.05. The lowest BCUT2D eigenvalue weighted by Crippen LogP contribution is -2.33. The number of carbonyl (C=O) groups excluding carboxylic acids is 4. The maximum atomic E-state index is 12.5. The molecule has 0 fully saturated rings. The van der Waals surface area contributed by atoms with Crippen molar-refractivity contribution in [3.05, 3.63) is 64.6 Å². The van der Waals surface area contributed by atoms with E-state index in [9.17, 15) is 19.2 Å². The highest BCUT2D eigenvalue weighted by molar-refractivity contribution is 8.03. The molecule has 8 heteroatoms. The highest BCUT2D eigenvalue weighted by Crippen LogP contribution is 2.47. The molecule has 1 atom stereocenters. The molecule has 164 valence electrons. The number of carbonyl (C=O) groups is 4. The van der Waals surface area contributed by atoms with Crippen LogP contribution in [0.4, 0.5) is 5.69 Å². The normalized spacial score (nSPS) is 16.5. The maximum Gasteiger partial charge on any atom is 0.306 e. The lowest BCUT2D eigenvalue weighted by molar-refractivity contribution is -0.141. The van der Waals surface area contributed by atoms with Crippen LogP contribution >= 0.6 is 11.8 Å². The summed E-state index contributed by atoms with van der Waals surface area (Å²) in [4.78, 5) is 50.1. The van der Waals surface area contributed by atoms with Crippen molar-refractivity contribution in [1.82, 2.24) is 4.90 Å². The Labute approximate surface area is 189 Å². The van der Waals surface area contributed by atoms with Gasteiger partial charge in [-0.2, -0.15) is 0 Å². The number of nitrogens with zero attached hydrogens (tertiary/aromatic N) is 1. The number of imide groups is 1. The van der Waals surface area contributed by atoms with Crippen molar-refractivity contribution in [3.63, 3.8) is 0 Å². The summed E-state index contributed by atoms with van der Waals surface area (Å²) in [6.07, 6.45) is 3.23. The van der Waals surface area contributed by atoms with Gasteiger partial charge in [0.25, 0.3) is 11.8 Å². The van der Waals surface area contributed by atoms with Gasteiger partial charge < -0.3 is 10.1 Å². The van der Waals surface area contributed by atoms with Crippen LogP contribution in [-0.2, 0) is 23.9 Å². The summed E-state index contributed by atoms with van der Waals surface area (Å²) in [7, 11) is 1.37. The summed E-state index contributed by atoms with van der Waals surface area (Å²) in [5.74, 6) is -1.51. The number of amides is 3. The van der Waals surface area contributed by atoms with Gasteiger partial charge in [0, 0.05) is 30.6 Å². The van der Waals surface area contributed by atoms with E-state index >= 15 is 0 Å². The molecule has 1 unspecified atom stereocenters. The van der Waals surface area contributed by atoms with Crippen LogP contribution in [0.15, 0.2) is 53.4 Å². The van der Waals surface area contributed by atoms with Gasteiger partial charge in [-0.3, -0.25) is 24.1 Å². The van der Waals surface area contributed by atoms with Crippen molar-refractivity contribution < 1.29 is 23.9 Å². The van der Waals surface area contributed by atoms with Crippen LogP contribution < -0.4 is 5.32 Å². The predicted molar refractivity (Wildman–Crippen MR) is 122 cm³/mol. The summed E-state index contributed by atoms with van der Waals surface area (Å²) in [6.45, 7) is 0.0193. The molecular formula is C24H22N2O5S. The Morgan fingerprint density at radius 3 is 2.56 bits per heavy atom. The van der Waals surface area contributed by atoms with Crippen molar-refractivity contribution in [1.29, 1.82) is 0 Å². The number of methoxy groups -OCH3 is 1. The molecule has 1 aliphatic carbocycles. The minimum atomic E-state index is -0.395. The molecule has 0 aromatic heterocycles. The second-order valence-electron chi connectivity index (χ2n) is 7.53. The van der Waals surface area contributed by atoms with E-state index in [1.165, 1.54) is 24.9 Å². The Morgan fingerprint density at radius 1 is 1.09 bits per heavy atom. The number of nitrogens with one attached hydrogen (secondary N) is 1. The molecule has 1 heterocycles. The third-order valence-electron chi connectivity index (χ3n) is 5.69. The minimum Gasteiger partial charge on any atom is -0.469 e. The van der Waals surface area contributed by atoms with E-state index in [-0.39, 0.29) is 43.1 Å². The summed E-state index contributed by atoms with van der Waals surface area (Å²) in [5, 5.41) is 2.84. The van der Waals surface area contributed by atoms with Gasteiger partial charge in [0.1, 0.15) is 0 Å². The molecule has 0 saturated heterocycles. The van der Waals surface area contributed by atoms with Gasteiger partial charge in [-0.15, -0.1) is 11.8 Å². The summed E-state index contributed by atoms with van der Waals surface area (Å²) < 4.78 is 4.88. The number of hydrogen-bond donors (Lipinski definition) is 1. The lowest BCUT2D eigenvalue weighted by Gasteiger charge is -2.15. The van der Waals surface area contributed by atoms with E-state index in [4.69, 9.17) is 4.74 Å². The van der Waals surface area contributed by atoms with Crippen molar-refractivity contribution in [3.8, 4) is 11.1 Å². The number of fused-ring (bicyclic) bond motifs is 3. The number of anilines is 1. The highest BCUT2D eigenvalue weighted by Gasteiger charge is 2.32. The molecule has 4 rings (SSSR count). The van der Waals surface area contributed by atoms with Gasteiger partial charge >= 0.3 is 5.97 Å². The van der Waals surface area contributed by atoms with Crippen molar-refractivity contribution in [2.45, 2.75) is 18.8 Å². The zero-order valence-corrected chi connectivity index (χ0v) is 18.5. The Bertz CT molecular complexity index is 1160. The maximum absolute atomic E-state index is 12.5. The highest BCUT2D eigenvalue weighted by atomic mass is 32.2. The molecule has 2 aromatic rings.